The van der Waals surface area contributed by atoms with Crippen molar-refractivity contribution in [1.29, 1.82) is 0 Å². The number of halogens is 1. The van der Waals surface area contributed by atoms with Gasteiger partial charge in [-0.1, -0.05) is 30.3 Å². The van der Waals surface area contributed by atoms with Crippen LogP contribution in [0.2, 0.25) is 0 Å². The molecule has 0 saturated heterocycles. The molecule has 0 fully saturated rings. The SMILES string of the molecule is Cc1ccc(C(=O)O[C@@H](C)C(=O)N[C@@H]2CCCc3ccccc32)cc1F. The van der Waals surface area contributed by atoms with Crippen molar-refractivity contribution in [2.24, 2.45) is 0 Å². The molecule has 3 rings (SSSR count). The van der Waals surface area contributed by atoms with E-state index in [1.807, 2.05) is 18.2 Å². The molecular formula is C21H22FNO3. The van der Waals surface area contributed by atoms with E-state index in [1.54, 1.807) is 6.92 Å². The Kier molecular flexibility index (Phi) is 5.35. The highest BCUT2D eigenvalue weighted by Crippen LogP contribution is 2.29. The summed E-state index contributed by atoms with van der Waals surface area (Å²) in [5.41, 5.74) is 2.90. The summed E-state index contributed by atoms with van der Waals surface area (Å²) in [6, 6.07) is 12.1. The van der Waals surface area contributed by atoms with E-state index in [4.69, 9.17) is 4.74 Å². The molecular weight excluding hydrogens is 333 g/mol. The third-order valence-electron chi connectivity index (χ3n) is 4.75. The van der Waals surface area contributed by atoms with Crippen molar-refractivity contribution in [3.8, 4) is 0 Å². The fourth-order valence-electron chi connectivity index (χ4n) is 3.19. The topological polar surface area (TPSA) is 55.4 Å². The number of fused-ring (bicyclic) bond motifs is 1. The predicted octanol–water partition coefficient (Wildman–Crippen LogP) is 3.87. The van der Waals surface area contributed by atoms with Gasteiger partial charge in [0.05, 0.1) is 11.6 Å². The van der Waals surface area contributed by atoms with E-state index in [9.17, 15) is 14.0 Å². The van der Waals surface area contributed by atoms with Gasteiger partial charge in [-0.05, 0) is 61.9 Å². The summed E-state index contributed by atoms with van der Waals surface area (Å²) >= 11 is 0. The molecule has 0 radical (unpaired) electrons. The van der Waals surface area contributed by atoms with Crippen molar-refractivity contribution in [3.05, 3.63) is 70.5 Å². The first-order valence-corrected chi connectivity index (χ1v) is 8.81. The average molecular weight is 355 g/mol. The minimum Gasteiger partial charge on any atom is -0.449 e. The van der Waals surface area contributed by atoms with Gasteiger partial charge >= 0.3 is 5.97 Å². The molecule has 5 heteroatoms. The molecule has 1 N–H and O–H groups in total. The highest BCUT2D eigenvalue weighted by Gasteiger charge is 2.25. The van der Waals surface area contributed by atoms with Crippen LogP contribution in [-0.4, -0.2) is 18.0 Å². The Morgan fingerprint density at radius 2 is 2.00 bits per heavy atom. The van der Waals surface area contributed by atoms with E-state index in [-0.39, 0.29) is 17.5 Å². The van der Waals surface area contributed by atoms with Crippen molar-refractivity contribution in [2.45, 2.75) is 45.3 Å². The Morgan fingerprint density at radius 1 is 1.23 bits per heavy atom. The van der Waals surface area contributed by atoms with Crippen LogP contribution in [0.15, 0.2) is 42.5 Å². The number of hydrogen-bond donors (Lipinski definition) is 1. The number of esters is 1. The van der Waals surface area contributed by atoms with Crippen LogP contribution in [0.4, 0.5) is 4.39 Å². The van der Waals surface area contributed by atoms with Crippen LogP contribution in [-0.2, 0) is 16.0 Å². The molecule has 2 aromatic rings. The van der Waals surface area contributed by atoms with Crippen LogP contribution in [0.3, 0.4) is 0 Å². The minimum absolute atomic E-state index is 0.0783. The summed E-state index contributed by atoms with van der Waals surface area (Å²) in [5, 5.41) is 2.96. The van der Waals surface area contributed by atoms with E-state index < -0.39 is 17.9 Å². The summed E-state index contributed by atoms with van der Waals surface area (Å²) in [5.74, 6) is -1.54. The lowest BCUT2D eigenvalue weighted by atomic mass is 9.87. The van der Waals surface area contributed by atoms with Gasteiger partial charge in [0.15, 0.2) is 6.10 Å². The number of hydrogen-bond acceptors (Lipinski definition) is 3. The summed E-state index contributed by atoms with van der Waals surface area (Å²) in [6.07, 6.45) is 1.90. The third-order valence-corrected chi connectivity index (χ3v) is 4.75. The second kappa shape index (κ2) is 7.68. The number of aryl methyl sites for hydroxylation is 2. The second-order valence-corrected chi connectivity index (χ2v) is 6.66. The number of nitrogens with one attached hydrogen (secondary N) is 1. The van der Waals surface area contributed by atoms with E-state index in [2.05, 4.69) is 11.4 Å². The van der Waals surface area contributed by atoms with Crippen LogP contribution in [0, 0.1) is 12.7 Å². The lowest BCUT2D eigenvalue weighted by Crippen LogP contribution is -2.39. The van der Waals surface area contributed by atoms with E-state index in [0.29, 0.717) is 5.56 Å². The molecule has 4 nitrogen and oxygen atoms in total. The molecule has 0 aromatic heterocycles. The zero-order valence-electron chi connectivity index (χ0n) is 14.9. The lowest BCUT2D eigenvalue weighted by molar-refractivity contribution is -0.130. The molecule has 0 saturated carbocycles. The number of rotatable bonds is 4. The number of ether oxygens (including phenoxy) is 1. The van der Waals surface area contributed by atoms with Gasteiger partial charge in [0.2, 0.25) is 0 Å². The Morgan fingerprint density at radius 3 is 2.77 bits per heavy atom. The zero-order valence-corrected chi connectivity index (χ0v) is 14.9. The van der Waals surface area contributed by atoms with Crippen LogP contribution in [0.1, 0.15) is 52.9 Å². The Labute approximate surface area is 152 Å². The highest BCUT2D eigenvalue weighted by atomic mass is 19.1. The van der Waals surface area contributed by atoms with Gasteiger partial charge in [-0.15, -0.1) is 0 Å². The maximum Gasteiger partial charge on any atom is 0.339 e. The highest BCUT2D eigenvalue weighted by molar-refractivity contribution is 5.92. The first kappa shape index (κ1) is 18.1. The summed E-state index contributed by atoms with van der Waals surface area (Å²) in [6.45, 7) is 3.13. The quantitative estimate of drug-likeness (QED) is 0.847. The molecule has 0 heterocycles. The summed E-state index contributed by atoms with van der Waals surface area (Å²) in [7, 11) is 0. The molecule has 0 unspecified atom stereocenters. The second-order valence-electron chi connectivity index (χ2n) is 6.66. The van der Waals surface area contributed by atoms with Crippen LogP contribution in [0.5, 0.6) is 0 Å². The van der Waals surface area contributed by atoms with Gasteiger partial charge < -0.3 is 10.1 Å². The number of carbonyl (C=O) groups excluding carboxylic acids is 2. The fourth-order valence-corrected chi connectivity index (χ4v) is 3.19. The van der Waals surface area contributed by atoms with Crippen LogP contribution >= 0.6 is 0 Å². The molecule has 0 bridgehead atoms. The largest absolute Gasteiger partial charge is 0.449 e. The van der Waals surface area contributed by atoms with Crippen molar-refractivity contribution in [1.82, 2.24) is 5.32 Å². The molecule has 1 aliphatic rings. The monoisotopic (exact) mass is 355 g/mol. The van der Waals surface area contributed by atoms with E-state index >= 15 is 0 Å². The number of carbonyl (C=O) groups is 2. The summed E-state index contributed by atoms with van der Waals surface area (Å²) in [4.78, 5) is 24.6. The van der Waals surface area contributed by atoms with Gasteiger partial charge in [0.25, 0.3) is 5.91 Å². The Bertz CT molecular complexity index is 834. The third kappa shape index (κ3) is 3.93. The average Bonchev–Trinajstić information content (AvgIpc) is 2.64. The van der Waals surface area contributed by atoms with Crippen LogP contribution < -0.4 is 5.32 Å². The molecule has 2 atom stereocenters. The molecule has 1 amide bonds. The van der Waals surface area contributed by atoms with E-state index in [0.717, 1.165) is 30.9 Å². The first-order valence-electron chi connectivity index (χ1n) is 8.81. The fraction of sp³-hybridized carbons (Fsp3) is 0.333. The molecule has 0 spiro atoms. The molecule has 2 aromatic carbocycles. The Balaban J connectivity index is 1.63. The standard InChI is InChI=1S/C21H22FNO3/c1-13-10-11-16(12-18(13)22)21(25)26-14(2)20(24)23-19-9-5-7-15-6-3-4-8-17(15)19/h3-4,6,8,10-12,14,19H,5,7,9H2,1-2H3,(H,23,24)/t14-,19+/m0/s1. The first-order chi connectivity index (χ1) is 12.5. The van der Waals surface area contributed by atoms with Crippen LogP contribution in [0.25, 0.3) is 0 Å². The maximum atomic E-state index is 13.6. The van der Waals surface area contributed by atoms with Gasteiger partial charge in [-0.25, -0.2) is 9.18 Å². The maximum absolute atomic E-state index is 13.6. The van der Waals surface area contributed by atoms with Gasteiger partial charge in [0, 0.05) is 0 Å². The van der Waals surface area contributed by atoms with Crippen molar-refractivity contribution >= 4 is 11.9 Å². The molecule has 0 aliphatic heterocycles. The number of amides is 1. The zero-order chi connectivity index (χ0) is 18.7. The van der Waals surface area contributed by atoms with Gasteiger partial charge in [0.1, 0.15) is 5.82 Å². The van der Waals surface area contributed by atoms with Gasteiger partial charge in [-0.2, -0.15) is 0 Å². The molecule has 1 aliphatic carbocycles. The molecule has 136 valence electrons. The number of benzene rings is 2. The molecule has 26 heavy (non-hydrogen) atoms. The lowest BCUT2D eigenvalue weighted by Gasteiger charge is -2.27. The smallest absolute Gasteiger partial charge is 0.339 e. The van der Waals surface area contributed by atoms with Crippen molar-refractivity contribution in [3.63, 3.8) is 0 Å². The van der Waals surface area contributed by atoms with Crippen molar-refractivity contribution in [2.75, 3.05) is 0 Å². The predicted molar refractivity (Wildman–Crippen MR) is 96.3 cm³/mol. The minimum atomic E-state index is -0.957. The Hall–Kier alpha value is -2.69. The van der Waals surface area contributed by atoms with Crippen molar-refractivity contribution < 1.29 is 18.7 Å². The van der Waals surface area contributed by atoms with E-state index in [1.165, 1.54) is 24.6 Å². The van der Waals surface area contributed by atoms with Gasteiger partial charge in [-0.3, -0.25) is 4.79 Å². The summed E-state index contributed by atoms with van der Waals surface area (Å²) < 4.78 is 18.8. The normalized spacial score (nSPS) is 17.1.